The SMILES string of the molecule is COc1ccc(C(=O)[C@H]2C3CCCN3[C@@]3(C(=O)N(Cc4ccccc4)c4ccccc43)[C@]23C(=O)c2cccc4cccc3c24)cc1. The second-order valence-electron chi connectivity index (χ2n) is 12.9. The average Bonchev–Trinajstić information content (AvgIpc) is 3.81. The third-order valence-electron chi connectivity index (χ3n) is 11.1. The number of anilines is 1. The second kappa shape index (κ2) is 9.71. The molecule has 226 valence electrons. The number of carbonyl (C=O) groups excluding carboxylic acids is 3. The highest BCUT2D eigenvalue weighted by atomic mass is 16.5. The highest BCUT2D eigenvalue weighted by molar-refractivity contribution is 6.28. The van der Waals surface area contributed by atoms with Crippen molar-refractivity contribution >= 4 is 33.9 Å². The normalized spacial score (nSPS) is 26.0. The first kappa shape index (κ1) is 27.3. The van der Waals surface area contributed by atoms with Gasteiger partial charge in [-0.1, -0.05) is 84.9 Å². The van der Waals surface area contributed by atoms with E-state index < -0.39 is 16.9 Å². The predicted octanol–water partition coefficient (Wildman–Crippen LogP) is 6.70. The summed E-state index contributed by atoms with van der Waals surface area (Å²) in [4.78, 5) is 50.6. The van der Waals surface area contributed by atoms with E-state index in [1.165, 1.54) is 0 Å². The van der Waals surface area contributed by atoms with Gasteiger partial charge in [-0.25, -0.2) is 0 Å². The standard InChI is InChI=1S/C40H32N2O4/c1-46-28-21-19-27(20-22-28)36(43)35-33-18-9-23-42(33)40(39(35)31-16-8-13-26-12-7-14-29(34(26)31)37(39)44)30-15-5-6-17-32(30)41(38(40)45)24-25-10-3-2-4-11-25/h2-8,10-17,19-22,33,35H,9,18,23-24H2,1H3/t33?,35-,39+,40+/m1/s1. The lowest BCUT2D eigenvalue weighted by Crippen LogP contribution is -2.63. The van der Waals surface area contributed by atoms with Crippen LogP contribution >= 0.6 is 0 Å². The van der Waals surface area contributed by atoms with Crippen LogP contribution in [0.2, 0.25) is 0 Å². The van der Waals surface area contributed by atoms with Crippen LogP contribution in [0.15, 0.2) is 115 Å². The summed E-state index contributed by atoms with van der Waals surface area (Å²) in [6.07, 6.45) is 1.57. The Balaban J connectivity index is 1.37. The zero-order valence-electron chi connectivity index (χ0n) is 25.5. The molecule has 4 atom stereocenters. The van der Waals surface area contributed by atoms with Gasteiger partial charge in [-0.05, 0) is 71.6 Å². The second-order valence-corrected chi connectivity index (χ2v) is 12.9. The number of ether oxygens (including phenoxy) is 1. The van der Waals surface area contributed by atoms with Gasteiger partial charge >= 0.3 is 0 Å². The van der Waals surface area contributed by atoms with E-state index in [0.29, 0.717) is 30.0 Å². The number of benzene rings is 5. The fourth-order valence-corrected chi connectivity index (χ4v) is 9.48. The molecule has 3 aliphatic heterocycles. The van der Waals surface area contributed by atoms with Crippen molar-refractivity contribution < 1.29 is 19.1 Å². The molecule has 3 heterocycles. The van der Waals surface area contributed by atoms with E-state index >= 15 is 14.4 Å². The van der Waals surface area contributed by atoms with Crippen LogP contribution in [0.4, 0.5) is 5.69 Å². The van der Waals surface area contributed by atoms with Gasteiger partial charge in [0.2, 0.25) is 0 Å². The molecule has 1 amide bonds. The number of hydrogen-bond donors (Lipinski definition) is 0. The number of fused-ring (bicyclic) bond motifs is 6. The lowest BCUT2D eigenvalue weighted by Gasteiger charge is -2.45. The van der Waals surface area contributed by atoms with Crippen LogP contribution in [0.1, 0.15) is 50.2 Å². The van der Waals surface area contributed by atoms with E-state index in [9.17, 15) is 0 Å². The molecule has 5 aromatic rings. The van der Waals surface area contributed by atoms with Gasteiger partial charge in [0.1, 0.15) is 16.7 Å². The maximum atomic E-state index is 15.7. The number of methoxy groups -OCH3 is 1. The quantitative estimate of drug-likeness (QED) is 0.209. The van der Waals surface area contributed by atoms with Gasteiger partial charge in [-0.3, -0.25) is 19.3 Å². The summed E-state index contributed by atoms with van der Waals surface area (Å²) in [6, 6.07) is 36.6. The fraction of sp³-hybridized carbons (Fsp3) is 0.225. The van der Waals surface area contributed by atoms with Gasteiger partial charge in [0.05, 0.1) is 19.6 Å². The van der Waals surface area contributed by atoms with Crippen molar-refractivity contribution in [2.45, 2.75) is 36.4 Å². The largest absolute Gasteiger partial charge is 0.497 e. The first-order chi connectivity index (χ1) is 22.5. The Morgan fingerprint density at radius 1 is 0.826 bits per heavy atom. The van der Waals surface area contributed by atoms with E-state index in [4.69, 9.17) is 4.74 Å². The molecule has 46 heavy (non-hydrogen) atoms. The third-order valence-corrected chi connectivity index (χ3v) is 11.1. The Morgan fingerprint density at radius 2 is 1.54 bits per heavy atom. The van der Waals surface area contributed by atoms with E-state index in [-0.39, 0.29) is 23.5 Å². The van der Waals surface area contributed by atoms with Crippen LogP contribution < -0.4 is 9.64 Å². The van der Waals surface area contributed by atoms with Crippen molar-refractivity contribution in [2.24, 2.45) is 5.92 Å². The van der Waals surface area contributed by atoms with Gasteiger partial charge in [0, 0.05) is 28.4 Å². The summed E-state index contributed by atoms with van der Waals surface area (Å²) < 4.78 is 5.40. The molecule has 0 aromatic heterocycles. The fourth-order valence-electron chi connectivity index (χ4n) is 9.48. The minimum atomic E-state index is -1.46. The highest BCUT2D eigenvalue weighted by Gasteiger charge is 2.81. The van der Waals surface area contributed by atoms with Crippen LogP contribution in [0.25, 0.3) is 10.8 Å². The molecule has 0 radical (unpaired) electrons. The predicted molar refractivity (Wildman–Crippen MR) is 176 cm³/mol. The Labute approximate surface area is 267 Å². The average molecular weight is 605 g/mol. The lowest BCUT2D eigenvalue weighted by molar-refractivity contribution is -0.131. The molecule has 6 nitrogen and oxygen atoms in total. The smallest absolute Gasteiger partial charge is 0.253 e. The van der Waals surface area contributed by atoms with Gasteiger partial charge in [-0.2, -0.15) is 0 Å². The summed E-state index contributed by atoms with van der Waals surface area (Å²) >= 11 is 0. The molecule has 0 saturated carbocycles. The van der Waals surface area contributed by atoms with Crippen LogP contribution in [-0.2, 0) is 22.3 Å². The first-order valence-electron chi connectivity index (χ1n) is 16.0. The van der Waals surface area contributed by atoms with Crippen molar-refractivity contribution in [2.75, 3.05) is 18.6 Å². The molecular formula is C40H32N2O4. The molecule has 2 fully saturated rings. The summed E-state index contributed by atoms with van der Waals surface area (Å²) in [5.74, 6) is -0.496. The number of carbonyl (C=O) groups is 3. The van der Waals surface area contributed by atoms with Crippen molar-refractivity contribution in [3.63, 3.8) is 0 Å². The zero-order valence-corrected chi connectivity index (χ0v) is 25.5. The minimum Gasteiger partial charge on any atom is -0.497 e. The number of ketones is 2. The molecule has 1 aliphatic carbocycles. The van der Waals surface area contributed by atoms with Crippen LogP contribution in [-0.4, -0.2) is 42.1 Å². The minimum absolute atomic E-state index is 0.110. The Kier molecular flexibility index (Phi) is 5.76. The topological polar surface area (TPSA) is 66.9 Å². The van der Waals surface area contributed by atoms with E-state index in [1.54, 1.807) is 31.4 Å². The molecule has 9 rings (SSSR count). The van der Waals surface area contributed by atoms with Gasteiger partial charge in [-0.15, -0.1) is 0 Å². The molecule has 1 unspecified atom stereocenters. The lowest BCUT2D eigenvalue weighted by atomic mass is 9.56. The molecule has 6 heteroatoms. The highest BCUT2D eigenvalue weighted by Crippen LogP contribution is 2.69. The van der Waals surface area contributed by atoms with Crippen molar-refractivity contribution in [1.82, 2.24) is 4.90 Å². The van der Waals surface area contributed by atoms with Crippen LogP contribution in [0.3, 0.4) is 0 Å². The molecule has 0 N–H and O–H groups in total. The number of Topliss-reactive ketones (excluding diaryl/α,β-unsaturated/α-hetero) is 2. The zero-order chi connectivity index (χ0) is 31.2. The van der Waals surface area contributed by atoms with Crippen molar-refractivity contribution in [1.29, 1.82) is 0 Å². The summed E-state index contributed by atoms with van der Waals surface area (Å²) in [5, 5.41) is 1.80. The molecule has 2 saturated heterocycles. The Bertz CT molecular complexity index is 2090. The van der Waals surface area contributed by atoms with Crippen LogP contribution in [0.5, 0.6) is 5.75 Å². The monoisotopic (exact) mass is 604 g/mol. The van der Waals surface area contributed by atoms with Crippen LogP contribution in [0, 0.1) is 5.92 Å². The van der Waals surface area contributed by atoms with E-state index in [0.717, 1.165) is 46.0 Å². The Hall–Kier alpha value is -5.07. The Morgan fingerprint density at radius 3 is 2.33 bits per heavy atom. The van der Waals surface area contributed by atoms with Gasteiger partial charge < -0.3 is 9.64 Å². The molecule has 2 spiro atoms. The molecule has 4 aliphatic rings. The van der Waals surface area contributed by atoms with Crippen molar-refractivity contribution in [3.05, 3.63) is 143 Å². The molecule has 0 bridgehead atoms. The summed E-state index contributed by atoms with van der Waals surface area (Å²) in [6.45, 7) is 0.993. The summed E-state index contributed by atoms with van der Waals surface area (Å²) in [7, 11) is 1.60. The first-order valence-corrected chi connectivity index (χ1v) is 16.0. The number of para-hydroxylation sites is 1. The number of hydrogen-bond acceptors (Lipinski definition) is 5. The maximum absolute atomic E-state index is 15.7. The van der Waals surface area contributed by atoms with Gasteiger partial charge in [0.25, 0.3) is 5.91 Å². The van der Waals surface area contributed by atoms with E-state index in [1.807, 2.05) is 95.9 Å². The third kappa shape index (κ3) is 3.17. The van der Waals surface area contributed by atoms with Crippen molar-refractivity contribution in [3.8, 4) is 5.75 Å². The molecular weight excluding hydrogens is 572 g/mol. The van der Waals surface area contributed by atoms with E-state index in [2.05, 4.69) is 4.90 Å². The number of rotatable bonds is 5. The number of amides is 1. The summed E-state index contributed by atoms with van der Waals surface area (Å²) in [5.41, 5.74) is 1.66. The number of nitrogens with zero attached hydrogens (tertiary/aromatic N) is 2. The van der Waals surface area contributed by atoms with Gasteiger partial charge in [0.15, 0.2) is 11.6 Å². The molecule has 5 aromatic carbocycles. The maximum Gasteiger partial charge on any atom is 0.253 e.